The van der Waals surface area contributed by atoms with Gasteiger partial charge in [0.25, 0.3) is 0 Å². The monoisotopic (exact) mass is 420 g/mol. The lowest BCUT2D eigenvalue weighted by Crippen LogP contribution is -2.15. The fourth-order valence-electron chi connectivity index (χ4n) is 3.10. The molecule has 0 saturated carbocycles. The minimum absolute atomic E-state index is 0.0466. The molecule has 0 aliphatic heterocycles. The molecule has 0 atom stereocenters. The first-order valence-corrected chi connectivity index (χ1v) is 10.5. The van der Waals surface area contributed by atoms with E-state index in [9.17, 15) is 9.59 Å². The molecule has 2 heterocycles. The summed E-state index contributed by atoms with van der Waals surface area (Å²) in [4.78, 5) is 23.9. The average Bonchev–Trinajstić information content (AvgIpc) is 3.35. The maximum atomic E-state index is 12.4. The molecule has 1 amide bonds. The molecular weight excluding hydrogens is 400 g/mol. The van der Waals surface area contributed by atoms with E-state index in [-0.39, 0.29) is 17.4 Å². The summed E-state index contributed by atoms with van der Waals surface area (Å²) in [5.41, 5.74) is 1.94. The standard InChI is InChI=1S/C22H20N4O3S/c1-3-26-21(19-12-16-7-4-5-10-18(16)29-19)24-25-22(26)30-13-20(28)23-17-9-6-8-15(11-17)14(2)27/h4-12H,3,13H2,1-2H3,(H,23,28). The lowest BCUT2D eigenvalue weighted by Gasteiger charge is -2.07. The molecule has 0 aliphatic carbocycles. The zero-order chi connectivity index (χ0) is 21.1. The van der Waals surface area contributed by atoms with Crippen molar-refractivity contribution in [2.75, 3.05) is 11.1 Å². The van der Waals surface area contributed by atoms with Gasteiger partial charge in [-0.25, -0.2) is 0 Å². The third-order valence-electron chi connectivity index (χ3n) is 4.56. The van der Waals surface area contributed by atoms with E-state index in [1.807, 2.05) is 41.8 Å². The van der Waals surface area contributed by atoms with Crippen LogP contribution in [-0.4, -0.2) is 32.2 Å². The van der Waals surface area contributed by atoms with Gasteiger partial charge in [0, 0.05) is 23.2 Å². The van der Waals surface area contributed by atoms with Gasteiger partial charge in [0.1, 0.15) is 5.58 Å². The van der Waals surface area contributed by atoms with Crippen molar-refractivity contribution < 1.29 is 14.0 Å². The van der Waals surface area contributed by atoms with Crippen LogP contribution in [0.4, 0.5) is 5.69 Å². The number of thioether (sulfide) groups is 1. The zero-order valence-corrected chi connectivity index (χ0v) is 17.4. The molecule has 30 heavy (non-hydrogen) atoms. The Labute approximate surface area is 177 Å². The molecule has 0 unspecified atom stereocenters. The van der Waals surface area contributed by atoms with Crippen LogP contribution < -0.4 is 5.32 Å². The summed E-state index contributed by atoms with van der Waals surface area (Å²) in [7, 11) is 0. The van der Waals surface area contributed by atoms with E-state index < -0.39 is 0 Å². The Kier molecular flexibility index (Phi) is 5.67. The predicted octanol–water partition coefficient (Wildman–Crippen LogP) is 4.64. The van der Waals surface area contributed by atoms with Crippen LogP contribution in [0, 0.1) is 0 Å². The highest BCUT2D eigenvalue weighted by Gasteiger charge is 2.18. The molecule has 0 fully saturated rings. The second-order valence-corrected chi connectivity index (χ2v) is 7.62. The molecule has 2 aromatic heterocycles. The molecule has 1 N–H and O–H groups in total. The third kappa shape index (κ3) is 4.13. The van der Waals surface area contributed by atoms with Crippen LogP contribution in [-0.2, 0) is 11.3 Å². The van der Waals surface area contributed by atoms with Gasteiger partial charge in [0.05, 0.1) is 5.75 Å². The Morgan fingerprint density at radius 1 is 1.10 bits per heavy atom. The molecule has 0 spiro atoms. The highest BCUT2D eigenvalue weighted by atomic mass is 32.2. The van der Waals surface area contributed by atoms with Crippen LogP contribution in [0.2, 0.25) is 0 Å². The van der Waals surface area contributed by atoms with Crippen LogP contribution in [0.25, 0.3) is 22.6 Å². The SMILES string of the molecule is CCn1c(SCC(=O)Nc2cccc(C(C)=O)c2)nnc1-c1cc2ccccc2o1. The summed E-state index contributed by atoms with van der Waals surface area (Å²) in [6, 6.07) is 16.6. The van der Waals surface area contributed by atoms with Crippen molar-refractivity contribution in [1.82, 2.24) is 14.8 Å². The topological polar surface area (TPSA) is 90.0 Å². The van der Waals surface area contributed by atoms with Gasteiger partial charge in [-0.05, 0) is 38.1 Å². The van der Waals surface area contributed by atoms with E-state index in [0.29, 0.717) is 34.5 Å². The second-order valence-electron chi connectivity index (χ2n) is 6.67. The number of aromatic nitrogens is 3. The van der Waals surface area contributed by atoms with Crippen LogP contribution in [0.3, 0.4) is 0 Å². The number of carbonyl (C=O) groups is 2. The van der Waals surface area contributed by atoms with E-state index in [0.717, 1.165) is 11.0 Å². The number of hydrogen-bond donors (Lipinski definition) is 1. The fourth-order valence-corrected chi connectivity index (χ4v) is 3.90. The Balaban J connectivity index is 1.47. The van der Waals surface area contributed by atoms with Gasteiger partial charge in [0.2, 0.25) is 11.7 Å². The molecule has 4 aromatic rings. The van der Waals surface area contributed by atoms with Gasteiger partial charge >= 0.3 is 0 Å². The van der Waals surface area contributed by atoms with Crippen LogP contribution in [0.1, 0.15) is 24.2 Å². The Hall–Kier alpha value is -3.39. The lowest BCUT2D eigenvalue weighted by atomic mass is 10.1. The Morgan fingerprint density at radius 3 is 2.70 bits per heavy atom. The van der Waals surface area contributed by atoms with Crippen LogP contribution in [0.15, 0.2) is 64.2 Å². The summed E-state index contributed by atoms with van der Waals surface area (Å²) in [5.74, 6) is 1.21. The quantitative estimate of drug-likeness (QED) is 0.346. The maximum Gasteiger partial charge on any atom is 0.234 e. The normalized spacial score (nSPS) is 11.0. The first kappa shape index (κ1) is 19.9. The average molecular weight is 420 g/mol. The van der Waals surface area contributed by atoms with Crippen molar-refractivity contribution >= 4 is 40.1 Å². The first-order valence-electron chi connectivity index (χ1n) is 9.51. The number of rotatable bonds is 7. The number of nitrogens with zero attached hydrogens (tertiary/aromatic N) is 3. The summed E-state index contributed by atoms with van der Waals surface area (Å²) in [5, 5.41) is 13.0. The number of fused-ring (bicyclic) bond motifs is 1. The lowest BCUT2D eigenvalue weighted by molar-refractivity contribution is -0.113. The Morgan fingerprint density at radius 2 is 1.93 bits per heavy atom. The molecular formula is C22H20N4O3S. The number of para-hydroxylation sites is 1. The van der Waals surface area contributed by atoms with E-state index in [1.165, 1.54) is 18.7 Å². The third-order valence-corrected chi connectivity index (χ3v) is 5.53. The number of benzene rings is 2. The summed E-state index contributed by atoms with van der Waals surface area (Å²) in [6.45, 7) is 4.13. The number of furan rings is 1. The van der Waals surface area contributed by atoms with Gasteiger partial charge in [-0.3, -0.25) is 14.2 Å². The van der Waals surface area contributed by atoms with E-state index >= 15 is 0 Å². The maximum absolute atomic E-state index is 12.4. The zero-order valence-electron chi connectivity index (χ0n) is 16.6. The number of nitrogens with one attached hydrogen (secondary N) is 1. The highest BCUT2D eigenvalue weighted by molar-refractivity contribution is 7.99. The van der Waals surface area contributed by atoms with E-state index in [2.05, 4.69) is 15.5 Å². The van der Waals surface area contributed by atoms with Gasteiger partial charge in [-0.2, -0.15) is 0 Å². The van der Waals surface area contributed by atoms with E-state index in [4.69, 9.17) is 4.42 Å². The molecule has 0 saturated heterocycles. The number of Topliss-reactive ketones (excluding diaryl/α,β-unsaturated/α-hetero) is 1. The molecule has 8 heteroatoms. The number of hydrogen-bond acceptors (Lipinski definition) is 6. The molecule has 0 radical (unpaired) electrons. The van der Waals surface area contributed by atoms with Crippen molar-refractivity contribution in [1.29, 1.82) is 0 Å². The molecule has 4 rings (SSSR count). The summed E-state index contributed by atoms with van der Waals surface area (Å²) >= 11 is 1.30. The fraction of sp³-hybridized carbons (Fsp3) is 0.182. The largest absolute Gasteiger partial charge is 0.453 e. The molecule has 0 bridgehead atoms. The van der Waals surface area contributed by atoms with E-state index in [1.54, 1.807) is 24.3 Å². The highest BCUT2D eigenvalue weighted by Crippen LogP contribution is 2.29. The van der Waals surface area contributed by atoms with Gasteiger partial charge < -0.3 is 9.73 Å². The number of anilines is 1. The molecule has 2 aromatic carbocycles. The molecule has 152 valence electrons. The first-order chi connectivity index (χ1) is 14.5. The van der Waals surface area contributed by atoms with Gasteiger partial charge in [0.15, 0.2) is 16.7 Å². The minimum atomic E-state index is -0.184. The minimum Gasteiger partial charge on any atom is -0.453 e. The Bertz CT molecular complexity index is 1200. The molecule has 0 aliphatic rings. The van der Waals surface area contributed by atoms with Crippen molar-refractivity contribution in [3.05, 3.63) is 60.2 Å². The van der Waals surface area contributed by atoms with Crippen molar-refractivity contribution in [2.45, 2.75) is 25.5 Å². The number of carbonyl (C=O) groups excluding carboxylic acids is 2. The van der Waals surface area contributed by atoms with Gasteiger partial charge in [-0.1, -0.05) is 42.1 Å². The summed E-state index contributed by atoms with van der Waals surface area (Å²) in [6.07, 6.45) is 0. The van der Waals surface area contributed by atoms with Crippen molar-refractivity contribution in [3.63, 3.8) is 0 Å². The summed E-state index contributed by atoms with van der Waals surface area (Å²) < 4.78 is 7.83. The second kappa shape index (κ2) is 8.54. The van der Waals surface area contributed by atoms with Crippen LogP contribution >= 0.6 is 11.8 Å². The number of ketones is 1. The molecule has 7 nitrogen and oxygen atoms in total. The smallest absolute Gasteiger partial charge is 0.234 e. The van der Waals surface area contributed by atoms with Gasteiger partial charge in [-0.15, -0.1) is 10.2 Å². The predicted molar refractivity (Wildman–Crippen MR) is 117 cm³/mol. The van der Waals surface area contributed by atoms with Crippen molar-refractivity contribution in [3.8, 4) is 11.6 Å². The van der Waals surface area contributed by atoms with Crippen LogP contribution in [0.5, 0.6) is 0 Å². The number of amides is 1. The van der Waals surface area contributed by atoms with Crippen molar-refractivity contribution in [2.24, 2.45) is 0 Å².